The van der Waals surface area contributed by atoms with E-state index in [-0.39, 0.29) is 11.4 Å². The zero-order valence-corrected chi connectivity index (χ0v) is 13.6. The number of hydrogen-bond donors (Lipinski definition) is 0. The molecule has 0 saturated carbocycles. The molecule has 0 unspecified atom stereocenters. The molecule has 0 aliphatic rings. The summed E-state index contributed by atoms with van der Waals surface area (Å²) in [5.41, 5.74) is 2.03. The average Bonchev–Trinajstić information content (AvgIpc) is 3.15. The number of carbonyl (C=O) groups is 1. The normalized spacial score (nSPS) is 11.0. The number of hydrogen-bond acceptors (Lipinski definition) is 4. The summed E-state index contributed by atoms with van der Waals surface area (Å²) in [5.74, 6) is 0.217. The SMILES string of the molecule is COc1cccc(C(=O)/C(C#N)=C/c2cnn(-c3ccccc3)c2)c1. The molecule has 0 fully saturated rings. The maximum Gasteiger partial charge on any atom is 0.203 e. The second-order valence-electron chi connectivity index (χ2n) is 5.28. The van der Waals surface area contributed by atoms with Crippen molar-refractivity contribution in [3.05, 3.63) is 83.7 Å². The molecular weight excluding hydrogens is 314 g/mol. The first-order valence-corrected chi connectivity index (χ1v) is 7.62. The van der Waals surface area contributed by atoms with Crippen molar-refractivity contribution in [2.75, 3.05) is 7.11 Å². The first-order valence-electron chi connectivity index (χ1n) is 7.62. The maximum atomic E-state index is 12.6. The first kappa shape index (κ1) is 16.2. The number of ketones is 1. The molecule has 0 bridgehead atoms. The highest BCUT2D eigenvalue weighted by molar-refractivity contribution is 6.14. The predicted molar refractivity (Wildman–Crippen MR) is 94.5 cm³/mol. The summed E-state index contributed by atoms with van der Waals surface area (Å²) in [6.07, 6.45) is 4.92. The molecule has 0 aliphatic heterocycles. The molecule has 3 aromatic rings. The monoisotopic (exact) mass is 329 g/mol. The molecule has 0 spiro atoms. The third-order valence-corrected chi connectivity index (χ3v) is 3.63. The van der Waals surface area contributed by atoms with Crippen LogP contribution in [-0.4, -0.2) is 22.7 Å². The smallest absolute Gasteiger partial charge is 0.203 e. The van der Waals surface area contributed by atoms with E-state index in [0.29, 0.717) is 16.9 Å². The van der Waals surface area contributed by atoms with Crippen LogP contribution >= 0.6 is 0 Å². The molecular formula is C20H15N3O2. The lowest BCUT2D eigenvalue weighted by molar-refractivity contribution is 0.103. The molecule has 0 radical (unpaired) electrons. The summed E-state index contributed by atoms with van der Waals surface area (Å²) < 4.78 is 6.81. The van der Waals surface area contributed by atoms with Crippen molar-refractivity contribution in [3.8, 4) is 17.5 Å². The highest BCUT2D eigenvalue weighted by Crippen LogP contribution is 2.18. The van der Waals surface area contributed by atoms with E-state index in [0.717, 1.165) is 5.69 Å². The van der Waals surface area contributed by atoms with Gasteiger partial charge in [0.25, 0.3) is 0 Å². The molecule has 0 aliphatic carbocycles. The third-order valence-electron chi connectivity index (χ3n) is 3.63. The number of ether oxygens (including phenoxy) is 1. The van der Waals surface area contributed by atoms with E-state index in [1.807, 2.05) is 36.4 Å². The van der Waals surface area contributed by atoms with Crippen molar-refractivity contribution >= 4 is 11.9 Å². The largest absolute Gasteiger partial charge is 0.497 e. The summed E-state index contributed by atoms with van der Waals surface area (Å²) in [4.78, 5) is 12.6. The number of nitriles is 1. The Hall–Kier alpha value is -3.65. The molecule has 0 amide bonds. The molecule has 0 atom stereocenters. The fourth-order valence-electron chi connectivity index (χ4n) is 2.37. The quantitative estimate of drug-likeness (QED) is 0.407. The topological polar surface area (TPSA) is 67.9 Å². The molecule has 1 aromatic heterocycles. The Morgan fingerprint density at radius 3 is 2.72 bits per heavy atom. The highest BCUT2D eigenvalue weighted by Gasteiger charge is 2.13. The van der Waals surface area contributed by atoms with E-state index in [1.165, 1.54) is 13.2 Å². The van der Waals surface area contributed by atoms with Crippen LogP contribution in [0.25, 0.3) is 11.8 Å². The van der Waals surface area contributed by atoms with Crippen LogP contribution in [0, 0.1) is 11.3 Å². The molecule has 5 heteroatoms. The minimum absolute atomic E-state index is 0.0425. The second-order valence-corrected chi connectivity index (χ2v) is 5.28. The molecule has 2 aromatic carbocycles. The summed E-state index contributed by atoms with van der Waals surface area (Å²) in [6.45, 7) is 0. The van der Waals surface area contributed by atoms with E-state index >= 15 is 0 Å². The van der Waals surface area contributed by atoms with Crippen LogP contribution in [-0.2, 0) is 0 Å². The van der Waals surface area contributed by atoms with E-state index in [1.54, 1.807) is 41.3 Å². The van der Waals surface area contributed by atoms with Crippen LogP contribution in [0.3, 0.4) is 0 Å². The number of methoxy groups -OCH3 is 1. The number of benzene rings is 2. The number of rotatable bonds is 5. The zero-order chi connectivity index (χ0) is 17.6. The lowest BCUT2D eigenvalue weighted by Crippen LogP contribution is -2.02. The van der Waals surface area contributed by atoms with Crippen molar-refractivity contribution in [2.24, 2.45) is 0 Å². The standard InChI is InChI=1S/C20H15N3O2/c1-25-19-9-5-6-16(11-19)20(24)17(12-21)10-15-13-22-23(14-15)18-7-3-2-4-8-18/h2-11,13-14H,1H3/b17-10+. The van der Waals surface area contributed by atoms with Crippen molar-refractivity contribution in [1.29, 1.82) is 5.26 Å². The molecule has 122 valence electrons. The van der Waals surface area contributed by atoms with E-state index in [2.05, 4.69) is 5.10 Å². The minimum atomic E-state index is -0.353. The summed E-state index contributed by atoms with van der Waals surface area (Å²) >= 11 is 0. The van der Waals surface area contributed by atoms with Gasteiger partial charge in [0.05, 0.1) is 19.0 Å². The number of aromatic nitrogens is 2. The van der Waals surface area contributed by atoms with Crippen molar-refractivity contribution in [3.63, 3.8) is 0 Å². The van der Waals surface area contributed by atoms with Crippen molar-refractivity contribution < 1.29 is 9.53 Å². The maximum absolute atomic E-state index is 12.6. The van der Waals surface area contributed by atoms with Gasteiger partial charge in [0.1, 0.15) is 17.4 Å². The average molecular weight is 329 g/mol. The Morgan fingerprint density at radius 1 is 1.20 bits per heavy atom. The van der Waals surface area contributed by atoms with E-state index in [9.17, 15) is 10.1 Å². The van der Waals surface area contributed by atoms with Crippen molar-refractivity contribution in [2.45, 2.75) is 0 Å². The summed E-state index contributed by atoms with van der Waals surface area (Å²) in [6, 6.07) is 18.3. The van der Waals surface area contributed by atoms with Crippen molar-refractivity contribution in [1.82, 2.24) is 9.78 Å². The lowest BCUT2D eigenvalue weighted by atomic mass is 10.0. The van der Waals surface area contributed by atoms with Gasteiger partial charge in [-0.05, 0) is 30.3 Å². The first-order chi connectivity index (χ1) is 12.2. The van der Waals surface area contributed by atoms with Crippen LogP contribution in [0.1, 0.15) is 15.9 Å². The Labute approximate surface area is 145 Å². The van der Waals surface area contributed by atoms with Gasteiger partial charge in [-0.2, -0.15) is 10.4 Å². The molecule has 0 saturated heterocycles. The van der Waals surface area contributed by atoms with Gasteiger partial charge in [0.2, 0.25) is 5.78 Å². The van der Waals surface area contributed by atoms with Crippen LogP contribution in [0.5, 0.6) is 5.75 Å². The van der Waals surface area contributed by atoms with Crippen LogP contribution < -0.4 is 4.74 Å². The van der Waals surface area contributed by atoms with E-state index < -0.39 is 0 Å². The number of Topliss-reactive ketones (excluding diaryl/α,β-unsaturated/α-hetero) is 1. The number of nitrogens with zero attached hydrogens (tertiary/aromatic N) is 3. The fourth-order valence-corrected chi connectivity index (χ4v) is 2.37. The number of allylic oxidation sites excluding steroid dienone is 1. The van der Waals surface area contributed by atoms with Gasteiger partial charge < -0.3 is 4.74 Å². The van der Waals surface area contributed by atoms with Gasteiger partial charge >= 0.3 is 0 Å². The number of para-hydroxylation sites is 1. The highest BCUT2D eigenvalue weighted by atomic mass is 16.5. The zero-order valence-electron chi connectivity index (χ0n) is 13.6. The molecule has 0 N–H and O–H groups in total. The number of carbonyl (C=O) groups excluding carboxylic acids is 1. The molecule has 1 heterocycles. The van der Waals surface area contributed by atoms with Gasteiger partial charge in [-0.25, -0.2) is 4.68 Å². The molecule has 3 rings (SSSR count). The van der Waals surface area contributed by atoms with Gasteiger partial charge in [0, 0.05) is 17.3 Å². The minimum Gasteiger partial charge on any atom is -0.497 e. The van der Waals surface area contributed by atoms with Gasteiger partial charge in [-0.3, -0.25) is 4.79 Å². The second kappa shape index (κ2) is 7.28. The Balaban J connectivity index is 1.89. The summed E-state index contributed by atoms with van der Waals surface area (Å²) in [7, 11) is 1.53. The van der Waals surface area contributed by atoms with Crippen LogP contribution in [0.4, 0.5) is 0 Å². The summed E-state index contributed by atoms with van der Waals surface area (Å²) in [5, 5.41) is 13.6. The Morgan fingerprint density at radius 2 is 2.00 bits per heavy atom. The van der Waals surface area contributed by atoms with Crippen LogP contribution in [0.15, 0.2) is 72.6 Å². The van der Waals surface area contributed by atoms with Gasteiger partial charge in [-0.15, -0.1) is 0 Å². The lowest BCUT2D eigenvalue weighted by Gasteiger charge is -2.03. The van der Waals surface area contributed by atoms with Crippen LogP contribution in [0.2, 0.25) is 0 Å². The van der Waals surface area contributed by atoms with Gasteiger partial charge in [-0.1, -0.05) is 30.3 Å². The Bertz CT molecular complexity index is 966. The molecule has 5 nitrogen and oxygen atoms in total. The fraction of sp³-hybridized carbons (Fsp3) is 0.0500. The predicted octanol–water partition coefficient (Wildman–Crippen LogP) is 3.67. The molecule has 25 heavy (non-hydrogen) atoms. The van der Waals surface area contributed by atoms with Gasteiger partial charge in [0.15, 0.2) is 0 Å². The Kier molecular flexibility index (Phi) is 4.72. The van der Waals surface area contributed by atoms with E-state index in [4.69, 9.17) is 4.74 Å². The third kappa shape index (κ3) is 3.65.